The molecule has 1 aliphatic heterocycles. The maximum absolute atomic E-state index is 13.3. The van der Waals surface area contributed by atoms with E-state index in [9.17, 15) is 9.18 Å². The number of carbonyl (C=O) groups excluding carboxylic acids is 1. The van der Waals surface area contributed by atoms with Crippen LogP contribution < -0.4 is 5.32 Å². The van der Waals surface area contributed by atoms with Crippen molar-refractivity contribution < 1.29 is 9.18 Å². The Labute approximate surface area is 210 Å². The van der Waals surface area contributed by atoms with E-state index in [0.717, 1.165) is 55.5 Å². The highest BCUT2D eigenvalue weighted by Crippen LogP contribution is 2.31. The van der Waals surface area contributed by atoms with Crippen LogP contribution in [0.5, 0.6) is 0 Å². The topological polar surface area (TPSA) is 58.1 Å². The largest absolute Gasteiger partial charge is 0.351 e. The lowest BCUT2D eigenvalue weighted by Crippen LogP contribution is -2.45. The van der Waals surface area contributed by atoms with Crippen LogP contribution in [0.2, 0.25) is 5.02 Å². The molecule has 0 spiro atoms. The summed E-state index contributed by atoms with van der Waals surface area (Å²) in [6.45, 7) is 1.54. The van der Waals surface area contributed by atoms with Crippen molar-refractivity contribution in [1.82, 2.24) is 14.9 Å². The highest BCUT2D eigenvalue weighted by atomic mass is 35.5. The van der Waals surface area contributed by atoms with Crippen molar-refractivity contribution >= 4 is 23.5 Å². The van der Waals surface area contributed by atoms with Crippen molar-refractivity contribution in [2.45, 2.75) is 51.0 Å². The van der Waals surface area contributed by atoms with E-state index in [0.29, 0.717) is 22.6 Å². The number of hydrogen-bond acceptors (Lipinski definition) is 4. The maximum atomic E-state index is 13.3. The van der Waals surface area contributed by atoms with Crippen LogP contribution in [0, 0.1) is 11.7 Å². The van der Waals surface area contributed by atoms with Crippen molar-refractivity contribution in [1.29, 1.82) is 0 Å². The number of halogens is 2. The van der Waals surface area contributed by atoms with Gasteiger partial charge in [-0.3, -0.25) is 4.79 Å². The van der Waals surface area contributed by atoms with E-state index in [4.69, 9.17) is 16.6 Å². The second kappa shape index (κ2) is 10.7. The number of likely N-dealkylation sites (tertiary alicyclic amines) is 1. The smallest absolute Gasteiger partial charge is 0.225 e. The Morgan fingerprint density at radius 2 is 1.66 bits per heavy atom. The average Bonchev–Trinajstić information content (AvgIpc) is 2.91. The molecule has 182 valence electrons. The van der Waals surface area contributed by atoms with Crippen LogP contribution in [-0.4, -0.2) is 39.9 Å². The fourth-order valence-corrected chi connectivity index (χ4v) is 5.36. The standard InChI is InChI=1S/C28H30ClFN4O/c29-25-18-31-28(32-24-13-15-34(16-14-24)27(35)20-5-2-1-3-6-20)33-26(25)22-8-4-7-21(17-22)19-9-11-23(30)12-10-19/h4,7-12,17-18,20,24H,1-3,5-6,13-16H2,(H,31,32,33). The Balaban J connectivity index is 1.25. The van der Waals surface area contributed by atoms with Gasteiger partial charge < -0.3 is 10.2 Å². The highest BCUT2D eigenvalue weighted by molar-refractivity contribution is 6.32. The Morgan fingerprint density at radius 3 is 2.40 bits per heavy atom. The van der Waals surface area contributed by atoms with E-state index >= 15 is 0 Å². The van der Waals surface area contributed by atoms with E-state index in [1.807, 2.05) is 29.2 Å². The van der Waals surface area contributed by atoms with Gasteiger partial charge >= 0.3 is 0 Å². The van der Waals surface area contributed by atoms with Crippen molar-refractivity contribution in [3.8, 4) is 22.4 Å². The molecule has 1 aromatic heterocycles. The van der Waals surface area contributed by atoms with Crippen LogP contribution in [-0.2, 0) is 4.79 Å². The molecule has 0 atom stereocenters. The van der Waals surface area contributed by atoms with Gasteiger partial charge in [0.25, 0.3) is 0 Å². The fourth-order valence-electron chi connectivity index (χ4n) is 5.16. The van der Waals surface area contributed by atoms with Crippen LogP contribution in [0.25, 0.3) is 22.4 Å². The summed E-state index contributed by atoms with van der Waals surface area (Å²) in [6, 6.07) is 14.5. The van der Waals surface area contributed by atoms with Crippen molar-refractivity contribution in [2.24, 2.45) is 5.92 Å². The van der Waals surface area contributed by atoms with Gasteiger partial charge in [0.15, 0.2) is 0 Å². The molecule has 3 aromatic rings. The Hall–Kier alpha value is -2.99. The molecule has 2 aromatic carbocycles. The molecule has 2 aliphatic rings. The molecular formula is C28H30ClFN4O. The molecule has 1 aliphatic carbocycles. The quantitative estimate of drug-likeness (QED) is 0.436. The van der Waals surface area contributed by atoms with Gasteiger partial charge in [0.05, 0.1) is 16.9 Å². The van der Waals surface area contributed by atoms with Crippen LogP contribution >= 0.6 is 11.6 Å². The van der Waals surface area contributed by atoms with E-state index in [1.54, 1.807) is 18.3 Å². The molecule has 2 fully saturated rings. The summed E-state index contributed by atoms with van der Waals surface area (Å²) >= 11 is 6.47. The number of hydrogen-bond donors (Lipinski definition) is 1. The summed E-state index contributed by atoms with van der Waals surface area (Å²) in [5.41, 5.74) is 3.40. The number of carbonyl (C=O) groups is 1. The van der Waals surface area contributed by atoms with Gasteiger partial charge in [-0.15, -0.1) is 0 Å². The summed E-state index contributed by atoms with van der Waals surface area (Å²) in [5, 5.41) is 3.92. The summed E-state index contributed by atoms with van der Waals surface area (Å²) in [7, 11) is 0. The number of amides is 1. The molecule has 1 N–H and O–H groups in total. The molecule has 0 radical (unpaired) electrons. The van der Waals surface area contributed by atoms with Crippen LogP contribution in [0.4, 0.5) is 10.3 Å². The molecule has 2 heterocycles. The number of nitrogens with zero attached hydrogens (tertiary/aromatic N) is 3. The van der Waals surface area contributed by atoms with E-state index in [1.165, 1.54) is 31.4 Å². The Morgan fingerprint density at radius 1 is 0.943 bits per heavy atom. The molecule has 0 bridgehead atoms. The van der Waals surface area contributed by atoms with Gasteiger partial charge in [-0.1, -0.05) is 61.2 Å². The first kappa shape index (κ1) is 23.7. The average molecular weight is 493 g/mol. The molecule has 1 saturated carbocycles. The number of nitrogens with one attached hydrogen (secondary N) is 1. The van der Waals surface area contributed by atoms with Crippen LogP contribution in [0.1, 0.15) is 44.9 Å². The van der Waals surface area contributed by atoms with Gasteiger partial charge in [0.2, 0.25) is 11.9 Å². The number of rotatable bonds is 5. The molecule has 1 amide bonds. The molecule has 7 heteroatoms. The predicted molar refractivity (Wildman–Crippen MR) is 138 cm³/mol. The third-order valence-corrected chi connectivity index (χ3v) is 7.43. The van der Waals surface area contributed by atoms with E-state index < -0.39 is 0 Å². The first-order chi connectivity index (χ1) is 17.1. The highest BCUT2D eigenvalue weighted by Gasteiger charge is 2.29. The molecule has 0 unspecified atom stereocenters. The molecule has 5 rings (SSSR count). The lowest BCUT2D eigenvalue weighted by Gasteiger charge is -2.35. The summed E-state index contributed by atoms with van der Waals surface area (Å²) < 4.78 is 13.3. The van der Waals surface area contributed by atoms with Gasteiger partial charge in [-0.05, 0) is 55.0 Å². The Kier molecular flexibility index (Phi) is 7.28. The monoisotopic (exact) mass is 492 g/mol. The molecular weight excluding hydrogens is 463 g/mol. The first-order valence-electron chi connectivity index (χ1n) is 12.5. The summed E-state index contributed by atoms with van der Waals surface area (Å²) in [4.78, 5) is 24.0. The van der Waals surface area contributed by atoms with Crippen LogP contribution in [0.15, 0.2) is 54.7 Å². The maximum Gasteiger partial charge on any atom is 0.225 e. The lowest BCUT2D eigenvalue weighted by atomic mass is 9.87. The minimum absolute atomic E-state index is 0.213. The number of anilines is 1. The number of piperidine rings is 1. The van der Waals surface area contributed by atoms with Gasteiger partial charge in [0.1, 0.15) is 5.82 Å². The fraction of sp³-hybridized carbons (Fsp3) is 0.393. The molecule has 5 nitrogen and oxygen atoms in total. The second-order valence-electron chi connectivity index (χ2n) is 9.56. The van der Waals surface area contributed by atoms with E-state index in [-0.39, 0.29) is 17.8 Å². The zero-order chi connectivity index (χ0) is 24.2. The number of benzene rings is 2. The van der Waals surface area contributed by atoms with Crippen molar-refractivity contribution in [3.05, 3.63) is 65.6 Å². The van der Waals surface area contributed by atoms with Gasteiger partial charge in [-0.25, -0.2) is 14.4 Å². The third-order valence-electron chi connectivity index (χ3n) is 7.15. The molecule has 1 saturated heterocycles. The normalized spacial score (nSPS) is 17.4. The van der Waals surface area contributed by atoms with E-state index in [2.05, 4.69) is 10.3 Å². The van der Waals surface area contributed by atoms with Crippen molar-refractivity contribution in [2.75, 3.05) is 18.4 Å². The minimum Gasteiger partial charge on any atom is -0.351 e. The SMILES string of the molecule is O=C(C1CCCCC1)N1CCC(Nc2ncc(Cl)c(-c3cccc(-c4ccc(F)cc4)c3)n2)CC1. The minimum atomic E-state index is -0.261. The summed E-state index contributed by atoms with van der Waals surface area (Å²) in [5.74, 6) is 0.840. The predicted octanol–water partition coefficient (Wildman–Crippen LogP) is 6.59. The second-order valence-corrected chi connectivity index (χ2v) is 9.96. The van der Waals surface area contributed by atoms with Gasteiger partial charge in [-0.2, -0.15) is 0 Å². The zero-order valence-electron chi connectivity index (χ0n) is 19.7. The van der Waals surface area contributed by atoms with Crippen LogP contribution in [0.3, 0.4) is 0 Å². The van der Waals surface area contributed by atoms with Crippen molar-refractivity contribution in [3.63, 3.8) is 0 Å². The zero-order valence-corrected chi connectivity index (χ0v) is 20.5. The summed E-state index contributed by atoms with van der Waals surface area (Å²) in [6.07, 6.45) is 9.07. The number of aromatic nitrogens is 2. The van der Waals surface area contributed by atoms with Gasteiger partial charge in [0, 0.05) is 30.6 Å². The molecule has 35 heavy (non-hydrogen) atoms. The first-order valence-corrected chi connectivity index (χ1v) is 12.9. The Bertz CT molecular complexity index is 1170. The lowest BCUT2D eigenvalue weighted by molar-refractivity contribution is -0.137. The third kappa shape index (κ3) is 5.64.